The summed E-state index contributed by atoms with van der Waals surface area (Å²) in [4.78, 5) is 17.9. The third kappa shape index (κ3) is 4.95. The van der Waals surface area contributed by atoms with Crippen LogP contribution >= 0.6 is 0 Å². The zero-order valence-corrected chi connectivity index (χ0v) is 21.4. The van der Waals surface area contributed by atoms with E-state index in [0.29, 0.717) is 24.4 Å². The van der Waals surface area contributed by atoms with E-state index in [0.717, 1.165) is 36.1 Å². The predicted octanol–water partition coefficient (Wildman–Crippen LogP) is 3.29. The normalized spacial score (nSPS) is 21.8. The van der Waals surface area contributed by atoms with Crippen LogP contribution in [-0.4, -0.2) is 41.8 Å². The van der Waals surface area contributed by atoms with Crippen molar-refractivity contribution in [2.24, 2.45) is 17.9 Å². The molecule has 0 bridgehead atoms. The Labute approximate surface area is 200 Å². The minimum absolute atomic E-state index is 0.00789. The van der Waals surface area contributed by atoms with Crippen molar-refractivity contribution in [3.8, 4) is 0 Å². The number of imidazole rings is 1. The summed E-state index contributed by atoms with van der Waals surface area (Å²) in [6.45, 7) is 13.3. The average molecular weight is 471 g/mol. The van der Waals surface area contributed by atoms with Crippen molar-refractivity contribution in [2.45, 2.75) is 92.0 Å². The average Bonchev–Trinajstić information content (AvgIpc) is 3.24. The summed E-state index contributed by atoms with van der Waals surface area (Å²) in [5, 5.41) is 21.8. The molecule has 2 N–H and O–H groups in total. The summed E-state index contributed by atoms with van der Waals surface area (Å²) >= 11 is 0. The number of hydrogen-bond acceptors (Lipinski definition) is 7. The van der Waals surface area contributed by atoms with Gasteiger partial charge < -0.3 is 5.11 Å². The van der Waals surface area contributed by atoms with Gasteiger partial charge >= 0.3 is 5.69 Å². The van der Waals surface area contributed by atoms with Crippen LogP contribution in [0, 0.1) is 17.8 Å². The largest absolute Gasteiger partial charge is 0.378 e. The number of aryl methyl sites for hydroxylation is 2. The number of pyridine rings is 1. The first-order valence-electron chi connectivity index (χ1n) is 12.1. The molecule has 0 aromatic carbocycles. The van der Waals surface area contributed by atoms with Gasteiger partial charge in [-0.3, -0.25) is 14.5 Å². The lowest BCUT2D eigenvalue weighted by molar-refractivity contribution is 0.0616. The highest BCUT2D eigenvalue weighted by molar-refractivity contribution is 5.72. The van der Waals surface area contributed by atoms with Crippen molar-refractivity contribution in [1.82, 2.24) is 29.7 Å². The second kappa shape index (κ2) is 8.92. The van der Waals surface area contributed by atoms with Crippen LogP contribution in [0.5, 0.6) is 0 Å². The highest BCUT2D eigenvalue weighted by Crippen LogP contribution is 2.42. The predicted molar refractivity (Wildman–Crippen MR) is 130 cm³/mol. The summed E-state index contributed by atoms with van der Waals surface area (Å²) in [5.74, 6) is 0.249. The summed E-state index contributed by atoms with van der Waals surface area (Å²) in [5.41, 5.74) is 3.97. The number of aliphatic hydroxyl groups is 1. The molecule has 3 unspecified atom stereocenters. The topological polar surface area (TPSA) is 111 Å². The molecule has 1 saturated carbocycles. The van der Waals surface area contributed by atoms with Crippen molar-refractivity contribution < 1.29 is 9.74 Å². The SMILES string of the molecule is Cc1nonc1CC(O)NC1CC(c2ccc3c(n2)n(C)c(=O)n3CC(C)(C)C)CCC1(C)C. The van der Waals surface area contributed by atoms with Crippen LogP contribution < -0.4 is 11.0 Å². The molecule has 0 saturated heterocycles. The van der Waals surface area contributed by atoms with E-state index in [2.05, 4.69) is 56.3 Å². The number of nitrogens with zero attached hydrogens (tertiary/aromatic N) is 5. The van der Waals surface area contributed by atoms with Gasteiger partial charge in [0.1, 0.15) is 17.6 Å². The molecule has 9 nitrogen and oxygen atoms in total. The van der Waals surface area contributed by atoms with Crippen molar-refractivity contribution in [1.29, 1.82) is 0 Å². The molecule has 3 aromatic heterocycles. The van der Waals surface area contributed by atoms with E-state index in [1.54, 1.807) is 11.6 Å². The van der Waals surface area contributed by atoms with E-state index in [1.165, 1.54) is 0 Å². The zero-order chi connectivity index (χ0) is 24.8. The second-order valence-corrected chi connectivity index (χ2v) is 11.8. The molecule has 1 fully saturated rings. The number of fused-ring (bicyclic) bond motifs is 1. The van der Waals surface area contributed by atoms with Gasteiger partial charge in [-0.15, -0.1) is 0 Å². The minimum atomic E-state index is -0.740. The summed E-state index contributed by atoms with van der Waals surface area (Å²) in [6.07, 6.45) is 2.49. The standard InChI is InChI=1S/C25H38N6O3/c1-15-18(29-34-28-15)13-21(32)27-20-12-16(10-11-25(20,5)6)17-8-9-19-22(26-17)30(7)23(33)31(19)14-24(2,3)4/h8-9,16,20-21,27,32H,10-14H2,1-7H3. The molecule has 0 spiro atoms. The van der Waals surface area contributed by atoms with Gasteiger partial charge in [-0.05, 0) is 49.1 Å². The molecule has 3 aromatic rings. The fraction of sp³-hybridized carbons (Fsp3) is 0.680. The lowest BCUT2D eigenvalue weighted by atomic mass is 9.68. The van der Waals surface area contributed by atoms with E-state index >= 15 is 0 Å². The van der Waals surface area contributed by atoms with E-state index in [1.807, 2.05) is 17.6 Å². The number of nitrogens with one attached hydrogen (secondary N) is 1. The maximum atomic E-state index is 12.9. The smallest absolute Gasteiger partial charge is 0.330 e. The monoisotopic (exact) mass is 470 g/mol. The van der Waals surface area contributed by atoms with Crippen molar-refractivity contribution in [2.75, 3.05) is 0 Å². The third-order valence-corrected chi connectivity index (χ3v) is 7.18. The van der Waals surface area contributed by atoms with Crippen LogP contribution in [0.1, 0.15) is 76.9 Å². The number of rotatable bonds is 6. The molecular weight excluding hydrogens is 432 g/mol. The van der Waals surface area contributed by atoms with Crippen molar-refractivity contribution in [3.05, 3.63) is 39.7 Å². The Balaban J connectivity index is 1.55. The van der Waals surface area contributed by atoms with E-state index in [-0.39, 0.29) is 28.5 Å². The molecule has 3 heterocycles. The van der Waals surface area contributed by atoms with Gasteiger partial charge in [0.25, 0.3) is 0 Å². The molecule has 4 rings (SSSR count). The van der Waals surface area contributed by atoms with Gasteiger partial charge in [-0.2, -0.15) is 0 Å². The fourth-order valence-electron chi connectivity index (χ4n) is 5.06. The highest BCUT2D eigenvalue weighted by Gasteiger charge is 2.38. The first-order valence-corrected chi connectivity index (χ1v) is 12.1. The second-order valence-electron chi connectivity index (χ2n) is 11.8. The van der Waals surface area contributed by atoms with Crippen LogP contribution in [0.25, 0.3) is 11.2 Å². The minimum Gasteiger partial charge on any atom is -0.378 e. The molecule has 1 aliphatic carbocycles. The van der Waals surface area contributed by atoms with Gasteiger partial charge in [0.05, 0.1) is 5.52 Å². The Morgan fingerprint density at radius 3 is 2.68 bits per heavy atom. The van der Waals surface area contributed by atoms with Crippen LogP contribution in [0.2, 0.25) is 0 Å². The zero-order valence-electron chi connectivity index (χ0n) is 21.4. The summed E-state index contributed by atoms with van der Waals surface area (Å²) < 4.78 is 8.25. The van der Waals surface area contributed by atoms with E-state index in [9.17, 15) is 9.90 Å². The first kappa shape index (κ1) is 24.6. The lowest BCUT2D eigenvalue weighted by Crippen LogP contribution is -2.50. The Bertz CT molecular complexity index is 1220. The van der Waals surface area contributed by atoms with Gasteiger partial charge in [0.15, 0.2) is 5.65 Å². The lowest BCUT2D eigenvalue weighted by Gasteiger charge is -2.43. The maximum absolute atomic E-state index is 12.9. The van der Waals surface area contributed by atoms with Crippen LogP contribution in [0.15, 0.2) is 21.6 Å². The molecular formula is C25H38N6O3. The maximum Gasteiger partial charge on any atom is 0.330 e. The number of hydrogen-bond donors (Lipinski definition) is 2. The van der Waals surface area contributed by atoms with Gasteiger partial charge in [-0.25, -0.2) is 14.4 Å². The van der Waals surface area contributed by atoms with E-state index < -0.39 is 6.23 Å². The molecule has 186 valence electrons. The van der Waals surface area contributed by atoms with Crippen LogP contribution in [-0.2, 0) is 20.0 Å². The molecule has 34 heavy (non-hydrogen) atoms. The fourth-order valence-corrected chi connectivity index (χ4v) is 5.06. The van der Waals surface area contributed by atoms with Gasteiger partial charge in [0.2, 0.25) is 0 Å². The molecule has 0 aliphatic heterocycles. The van der Waals surface area contributed by atoms with Crippen LogP contribution in [0.4, 0.5) is 0 Å². The number of aliphatic hydroxyl groups excluding tert-OH is 1. The third-order valence-electron chi connectivity index (χ3n) is 7.18. The Kier molecular flexibility index (Phi) is 6.46. The van der Waals surface area contributed by atoms with Crippen molar-refractivity contribution >= 4 is 11.2 Å². The van der Waals surface area contributed by atoms with Crippen molar-refractivity contribution in [3.63, 3.8) is 0 Å². The number of aromatic nitrogens is 5. The van der Waals surface area contributed by atoms with E-state index in [4.69, 9.17) is 9.61 Å². The Hall–Kier alpha value is -2.52. The summed E-state index contributed by atoms with van der Waals surface area (Å²) in [6, 6.07) is 4.22. The Morgan fingerprint density at radius 1 is 1.29 bits per heavy atom. The highest BCUT2D eigenvalue weighted by atomic mass is 16.6. The summed E-state index contributed by atoms with van der Waals surface area (Å²) in [7, 11) is 1.80. The molecule has 3 atom stereocenters. The molecule has 0 amide bonds. The quantitative estimate of drug-likeness (QED) is 0.532. The Morgan fingerprint density at radius 2 is 2.03 bits per heavy atom. The molecule has 9 heteroatoms. The molecule has 0 radical (unpaired) electrons. The van der Waals surface area contributed by atoms with Crippen LogP contribution in [0.3, 0.4) is 0 Å². The molecule has 1 aliphatic rings. The van der Waals surface area contributed by atoms with Gasteiger partial charge in [-0.1, -0.05) is 44.9 Å². The van der Waals surface area contributed by atoms with Gasteiger partial charge in [0, 0.05) is 37.7 Å². The first-order chi connectivity index (χ1) is 15.9.